The number of hydrogen-bond donors (Lipinski definition) is 0. The number of rotatable bonds is 2. The molecule has 7 nitrogen and oxygen atoms in total. The summed E-state index contributed by atoms with van der Waals surface area (Å²) in [5.74, 6) is 0.160. The summed E-state index contributed by atoms with van der Waals surface area (Å²) in [7, 11) is 1.86. The lowest BCUT2D eigenvalue weighted by atomic mass is 9.78. The summed E-state index contributed by atoms with van der Waals surface area (Å²) >= 11 is 0. The summed E-state index contributed by atoms with van der Waals surface area (Å²) in [4.78, 5) is 34.1. The SMILES string of the molecule is CCn1ncc2cc(C(=O)N3CCC4(CCCN(C)C4=O)C3)c(C)nc21. The van der Waals surface area contributed by atoms with Crippen molar-refractivity contribution in [3.8, 4) is 0 Å². The molecule has 2 aliphatic rings. The summed E-state index contributed by atoms with van der Waals surface area (Å²) < 4.78 is 1.83. The number of amides is 2. The van der Waals surface area contributed by atoms with Gasteiger partial charge >= 0.3 is 0 Å². The number of pyridine rings is 1. The van der Waals surface area contributed by atoms with Crippen molar-refractivity contribution >= 4 is 22.8 Å². The molecule has 2 aromatic heterocycles. The number of carbonyl (C=O) groups is 2. The summed E-state index contributed by atoms with van der Waals surface area (Å²) in [5.41, 5.74) is 1.75. The Kier molecular flexibility index (Phi) is 3.97. The van der Waals surface area contributed by atoms with E-state index >= 15 is 0 Å². The van der Waals surface area contributed by atoms with Gasteiger partial charge in [-0.25, -0.2) is 9.67 Å². The Morgan fingerprint density at radius 3 is 2.88 bits per heavy atom. The second-order valence-electron chi connectivity index (χ2n) is 7.58. The highest BCUT2D eigenvalue weighted by molar-refractivity contribution is 5.99. The quantitative estimate of drug-likeness (QED) is 0.824. The maximum Gasteiger partial charge on any atom is 0.255 e. The lowest BCUT2D eigenvalue weighted by Gasteiger charge is -2.37. The van der Waals surface area contributed by atoms with Crippen LogP contribution in [-0.4, -0.2) is 63.1 Å². The summed E-state index contributed by atoms with van der Waals surface area (Å²) in [5, 5.41) is 5.20. The molecule has 0 saturated carbocycles. The summed E-state index contributed by atoms with van der Waals surface area (Å²) in [6.07, 6.45) is 4.39. The predicted molar refractivity (Wildman–Crippen MR) is 97.8 cm³/mol. The van der Waals surface area contributed by atoms with Crippen molar-refractivity contribution in [2.45, 2.75) is 39.7 Å². The Morgan fingerprint density at radius 2 is 2.12 bits per heavy atom. The van der Waals surface area contributed by atoms with Crippen molar-refractivity contribution in [2.75, 3.05) is 26.7 Å². The minimum absolute atomic E-state index is 0.0287. The number of hydrogen-bond acceptors (Lipinski definition) is 4. The van der Waals surface area contributed by atoms with Crippen LogP contribution in [0.15, 0.2) is 12.3 Å². The first-order valence-corrected chi connectivity index (χ1v) is 9.33. The molecule has 0 bridgehead atoms. The molecule has 26 heavy (non-hydrogen) atoms. The van der Waals surface area contributed by atoms with Gasteiger partial charge in [0.05, 0.1) is 22.9 Å². The number of aromatic nitrogens is 3. The van der Waals surface area contributed by atoms with Gasteiger partial charge in [-0.1, -0.05) is 0 Å². The highest BCUT2D eigenvalue weighted by Gasteiger charge is 2.48. The van der Waals surface area contributed by atoms with Gasteiger partial charge in [0.1, 0.15) is 0 Å². The molecule has 0 aliphatic carbocycles. The van der Waals surface area contributed by atoms with Gasteiger partial charge in [-0.05, 0) is 39.2 Å². The Hall–Kier alpha value is -2.44. The van der Waals surface area contributed by atoms with Crippen LogP contribution in [0.1, 0.15) is 42.2 Å². The number of aryl methyl sites for hydroxylation is 2. The van der Waals surface area contributed by atoms with E-state index in [1.807, 2.05) is 41.4 Å². The third kappa shape index (κ3) is 2.48. The van der Waals surface area contributed by atoms with Crippen molar-refractivity contribution in [1.29, 1.82) is 0 Å². The summed E-state index contributed by atoms with van der Waals surface area (Å²) in [6.45, 7) is 6.59. The molecular formula is C19H25N5O2. The van der Waals surface area contributed by atoms with Crippen LogP contribution in [0.4, 0.5) is 0 Å². The lowest BCUT2D eigenvalue weighted by molar-refractivity contribution is -0.143. The van der Waals surface area contributed by atoms with Crippen LogP contribution in [0, 0.1) is 12.3 Å². The molecule has 2 aromatic rings. The van der Waals surface area contributed by atoms with Gasteiger partial charge < -0.3 is 9.80 Å². The zero-order valence-electron chi connectivity index (χ0n) is 15.7. The van der Waals surface area contributed by atoms with E-state index in [0.717, 1.165) is 43.4 Å². The number of nitrogens with zero attached hydrogens (tertiary/aromatic N) is 5. The zero-order chi connectivity index (χ0) is 18.5. The number of carbonyl (C=O) groups excluding carboxylic acids is 2. The van der Waals surface area contributed by atoms with Gasteiger partial charge in [-0.2, -0.15) is 5.10 Å². The van der Waals surface area contributed by atoms with Crippen LogP contribution in [0.2, 0.25) is 0 Å². The van der Waals surface area contributed by atoms with Gasteiger partial charge in [0.25, 0.3) is 5.91 Å². The first kappa shape index (κ1) is 17.0. The minimum Gasteiger partial charge on any atom is -0.345 e. The maximum absolute atomic E-state index is 13.1. The predicted octanol–water partition coefficient (Wildman–Crippen LogP) is 1.84. The molecule has 0 radical (unpaired) electrons. The molecule has 1 spiro atoms. The Bertz CT molecular complexity index is 889. The van der Waals surface area contributed by atoms with Gasteiger partial charge in [0, 0.05) is 38.6 Å². The fraction of sp³-hybridized carbons (Fsp3) is 0.579. The average molecular weight is 355 g/mol. The Balaban J connectivity index is 1.61. The molecule has 2 saturated heterocycles. The van der Waals surface area contributed by atoms with E-state index in [2.05, 4.69) is 10.1 Å². The first-order valence-electron chi connectivity index (χ1n) is 9.33. The molecule has 2 amide bonds. The van der Waals surface area contributed by atoms with Gasteiger partial charge in [0.15, 0.2) is 5.65 Å². The molecule has 2 fully saturated rings. The number of piperidine rings is 1. The topological polar surface area (TPSA) is 71.3 Å². The Labute approximate surface area is 153 Å². The van der Waals surface area contributed by atoms with E-state index in [1.54, 1.807) is 6.20 Å². The number of likely N-dealkylation sites (tertiary alicyclic amines) is 2. The molecular weight excluding hydrogens is 330 g/mol. The highest BCUT2D eigenvalue weighted by atomic mass is 16.2. The molecule has 4 rings (SSSR count). The van der Waals surface area contributed by atoms with E-state index < -0.39 is 0 Å². The van der Waals surface area contributed by atoms with E-state index in [4.69, 9.17) is 0 Å². The molecule has 0 N–H and O–H groups in total. The van der Waals surface area contributed by atoms with E-state index in [0.29, 0.717) is 24.3 Å². The molecule has 4 heterocycles. The normalized spacial score (nSPS) is 23.4. The molecule has 2 aliphatic heterocycles. The second-order valence-corrected chi connectivity index (χ2v) is 7.58. The van der Waals surface area contributed by atoms with E-state index in [-0.39, 0.29) is 17.2 Å². The van der Waals surface area contributed by atoms with Crippen molar-refractivity contribution < 1.29 is 9.59 Å². The fourth-order valence-corrected chi connectivity index (χ4v) is 4.41. The van der Waals surface area contributed by atoms with Crippen LogP contribution >= 0.6 is 0 Å². The van der Waals surface area contributed by atoms with Crippen LogP contribution in [0.25, 0.3) is 11.0 Å². The lowest BCUT2D eigenvalue weighted by Crippen LogP contribution is -2.48. The second kappa shape index (κ2) is 6.07. The van der Waals surface area contributed by atoms with Gasteiger partial charge in [-0.3, -0.25) is 9.59 Å². The standard InChI is InChI=1S/C19H25N5O2/c1-4-24-16-14(11-20-24)10-15(13(2)21-16)17(25)23-9-7-19(12-23)6-5-8-22(3)18(19)26/h10-11H,4-9,12H2,1-3H3. The van der Waals surface area contributed by atoms with Crippen LogP contribution in [0.3, 0.4) is 0 Å². The van der Waals surface area contributed by atoms with Gasteiger partial charge in [0.2, 0.25) is 5.91 Å². The van der Waals surface area contributed by atoms with Crippen molar-refractivity contribution in [3.05, 3.63) is 23.5 Å². The third-order valence-electron chi connectivity index (χ3n) is 5.92. The average Bonchev–Trinajstić information content (AvgIpc) is 3.23. The fourth-order valence-electron chi connectivity index (χ4n) is 4.41. The van der Waals surface area contributed by atoms with Crippen LogP contribution < -0.4 is 0 Å². The monoisotopic (exact) mass is 355 g/mol. The molecule has 1 unspecified atom stereocenters. The first-order chi connectivity index (χ1) is 12.4. The van der Waals surface area contributed by atoms with Crippen molar-refractivity contribution in [2.24, 2.45) is 5.41 Å². The molecule has 7 heteroatoms. The third-order valence-corrected chi connectivity index (χ3v) is 5.92. The van der Waals surface area contributed by atoms with E-state index in [1.165, 1.54) is 0 Å². The molecule has 1 atom stereocenters. The number of fused-ring (bicyclic) bond motifs is 1. The van der Waals surface area contributed by atoms with E-state index in [9.17, 15) is 9.59 Å². The van der Waals surface area contributed by atoms with Crippen LogP contribution in [-0.2, 0) is 11.3 Å². The smallest absolute Gasteiger partial charge is 0.255 e. The minimum atomic E-state index is -0.388. The summed E-state index contributed by atoms with van der Waals surface area (Å²) in [6, 6.07) is 1.89. The largest absolute Gasteiger partial charge is 0.345 e. The van der Waals surface area contributed by atoms with Gasteiger partial charge in [-0.15, -0.1) is 0 Å². The zero-order valence-corrected chi connectivity index (χ0v) is 15.7. The van der Waals surface area contributed by atoms with Crippen molar-refractivity contribution in [3.63, 3.8) is 0 Å². The Morgan fingerprint density at radius 1 is 1.31 bits per heavy atom. The maximum atomic E-state index is 13.1. The molecule has 138 valence electrons. The highest BCUT2D eigenvalue weighted by Crippen LogP contribution is 2.40. The molecule has 0 aromatic carbocycles. The van der Waals surface area contributed by atoms with Crippen LogP contribution in [0.5, 0.6) is 0 Å². The van der Waals surface area contributed by atoms with Crippen molar-refractivity contribution in [1.82, 2.24) is 24.6 Å².